The number of allylic oxidation sites excluding steroid dienone is 1. The Balaban J connectivity index is 3.23. The van der Waals surface area contributed by atoms with Gasteiger partial charge in [-0.15, -0.1) is 0 Å². The van der Waals surface area contributed by atoms with Crippen LogP contribution < -0.4 is 4.74 Å². The molecule has 0 spiro atoms. The van der Waals surface area contributed by atoms with E-state index in [2.05, 4.69) is 4.99 Å². The first-order valence-corrected chi connectivity index (χ1v) is 4.76. The summed E-state index contributed by atoms with van der Waals surface area (Å²) in [6, 6.07) is 6.78. The zero-order valence-corrected chi connectivity index (χ0v) is 9.43. The van der Waals surface area contributed by atoms with Crippen LogP contribution in [-0.4, -0.2) is 24.3 Å². The van der Waals surface area contributed by atoms with Gasteiger partial charge in [-0.05, 0) is 30.2 Å². The van der Waals surface area contributed by atoms with Gasteiger partial charge in [0.25, 0.3) is 0 Å². The van der Waals surface area contributed by atoms with Gasteiger partial charge in [0.1, 0.15) is 5.75 Å². The fourth-order valence-electron chi connectivity index (χ4n) is 1.32. The van der Waals surface area contributed by atoms with Crippen molar-refractivity contribution >= 4 is 17.6 Å². The highest BCUT2D eigenvalue weighted by molar-refractivity contribution is 5.96. The van der Waals surface area contributed by atoms with Crippen molar-refractivity contribution in [2.24, 2.45) is 4.99 Å². The Morgan fingerprint density at radius 1 is 1.35 bits per heavy atom. The van der Waals surface area contributed by atoms with E-state index in [0.717, 1.165) is 0 Å². The van der Waals surface area contributed by atoms with E-state index in [-0.39, 0.29) is 5.70 Å². The van der Waals surface area contributed by atoms with Gasteiger partial charge >= 0.3 is 5.97 Å². The highest BCUT2D eigenvalue weighted by Crippen LogP contribution is 2.21. The van der Waals surface area contributed by atoms with Crippen molar-refractivity contribution < 1.29 is 19.4 Å². The number of aliphatic imine (C=N–C) groups is 1. The van der Waals surface area contributed by atoms with Crippen molar-refractivity contribution in [2.45, 2.75) is 6.92 Å². The van der Waals surface area contributed by atoms with Crippen LogP contribution in [0.15, 0.2) is 35.0 Å². The molecule has 0 fully saturated rings. The van der Waals surface area contributed by atoms with E-state index in [0.29, 0.717) is 16.9 Å². The van der Waals surface area contributed by atoms with Gasteiger partial charge in [-0.3, -0.25) is 0 Å². The number of carboxylic acids is 1. The summed E-state index contributed by atoms with van der Waals surface area (Å²) in [5, 5.41) is 8.88. The molecule has 88 valence electrons. The lowest BCUT2D eigenvalue weighted by atomic mass is 10.1. The highest BCUT2D eigenvalue weighted by atomic mass is 16.5. The monoisotopic (exact) mass is 233 g/mol. The summed E-state index contributed by atoms with van der Waals surface area (Å²) >= 11 is 0. The zero-order valence-electron chi connectivity index (χ0n) is 9.43. The van der Waals surface area contributed by atoms with Crippen LogP contribution in [0.5, 0.6) is 5.75 Å². The predicted molar refractivity (Wildman–Crippen MR) is 61.3 cm³/mol. The molecule has 0 bridgehead atoms. The van der Waals surface area contributed by atoms with Crippen molar-refractivity contribution in [3.05, 3.63) is 35.5 Å². The lowest BCUT2D eigenvalue weighted by Crippen LogP contribution is -2.00. The molecule has 0 saturated carbocycles. The molecule has 17 heavy (non-hydrogen) atoms. The van der Waals surface area contributed by atoms with Gasteiger partial charge in [0.05, 0.1) is 7.11 Å². The summed E-state index contributed by atoms with van der Waals surface area (Å²) in [5.41, 5.74) is 0.732. The first-order valence-electron chi connectivity index (χ1n) is 4.76. The molecule has 0 aromatic heterocycles. The second-order valence-corrected chi connectivity index (χ2v) is 3.21. The van der Waals surface area contributed by atoms with Crippen molar-refractivity contribution in [3.8, 4) is 5.75 Å². The molecule has 0 radical (unpaired) electrons. The van der Waals surface area contributed by atoms with Gasteiger partial charge in [-0.25, -0.2) is 9.59 Å². The molecule has 1 N–H and O–H groups in total. The fraction of sp³-hybridized carbons (Fsp3) is 0.167. The third-order valence-corrected chi connectivity index (χ3v) is 2.24. The molecule has 0 aliphatic rings. The normalized spacial score (nSPS) is 11.2. The molecule has 0 saturated heterocycles. The number of methoxy groups -OCH3 is 1. The molecule has 5 heteroatoms. The number of ether oxygens (including phenoxy) is 1. The van der Waals surface area contributed by atoms with Crippen molar-refractivity contribution in [3.63, 3.8) is 0 Å². The Morgan fingerprint density at radius 2 is 1.94 bits per heavy atom. The Labute approximate surface area is 98.1 Å². The molecular weight excluding hydrogens is 222 g/mol. The van der Waals surface area contributed by atoms with E-state index >= 15 is 0 Å². The van der Waals surface area contributed by atoms with Crippen LogP contribution in [0.1, 0.15) is 12.5 Å². The van der Waals surface area contributed by atoms with Crippen molar-refractivity contribution in [2.75, 3.05) is 7.11 Å². The van der Waals surface area contributed by atoms with Gasteiger partial charge in [-0.1, -0.05) is 12.1 Å². The molecule has 0 aliphatic heterocycles. The Bertz CT molecular complexity index is 492. The molecule has 0 unspecified atom stereocenters. The minimum atomic E-state index is -1.26. The molecule has 1 rings (SSSR count). The summed E-state index contributed by atoms with van der Waals surface area (Å²) in [6.07, 6.45) is 1.23. The number of nitrogens with zero attached hydrogens (tertiary/aromatic N) is 1. The van der Waals surface area contributed by atoms with Crippen LogP contribution in [0.4, 0.5) is 0 Å². The number of hydrogen-bond acceptors (Lipinski definition) is 4. The molecule has 0 aliphatic carbocycles. The Kier molecular flexibility index (Phi) is 4.20. The topological polar surface area (TPSA) is 76.0 Å². The Hall–Kier alpha value is -2.39. The fourth-order valence-corrected chi connectivity index (χ4v) is 1.32. The molecule has 1 aromatic rings. The van der Waals surface area contributed by atoms with Gasteiger partial charge in [0.15, 0.2) is 5.70 Å². The second kappa shape index (κ2) is 5.63. The average molecular weight is 233 g/mol. The second-order valence-electron chi connectivity index (χ2n) is 3.21. The summed E-state index contributed by atoms with van der Waals surface area (Å²) in [4.78, 5) is 24.2. The van der Waals surface area contributed by atoms with Crippen molar-refractivity contribution in [1.82, 2.24) is 0 Å². The molecule has 1 aromatic carbocycles. The average Bonchev–Trinajstić information content (AvgIpc) is 2.35. The van der Waals surface area contributed by atoms with Crippen LogP contribution in [0.2, 0.25) is 0 Å². The van der Waals surface area contributed by atoms with Gasteiger partial charge in [0, 0.05) is 0 Å². The number of carboxylic acid groups (broad SMARTS) is 1. The summed E-state index contributed by atoms with van der Waals surface area (Å²) in [7, 11) is 1.54. The third-order valence-electron chi connectivity index (χ3n) is 2.24. The summed E-state index contributed by atoms with van der Waals surface area (Å²) < 4.78 is 4.99. The predicted octanol–water partition coefficient (Wildman–Crippen LogP) is 1.85. The zero-order chi connectivity index (χ0) is 12.8. The number of carbonyl (C=O) groups excluding carboxylic acids is 1. The smallest absolute Gasteiger partial charge is 0.355 e. The van der Waals surface area contributed by atoms with E-state index in [4.69, 9.17) is 9.84 Å². The molecule has 0 atom stereocenters. The minimum absolute atomic E-state index is 0.315. The lowest BCUT2D eigenvalue weighted by molar-refractivity contribution is -0.132. The maximum absolute atomic E-state index is 10.9. The van der Waals surface area contributed by atoms with Crippen LogP contribution in [-0.2, 0) is 9.59 Å². The standard InChI is InChI=1S/C12H11NO4/c1-8(11(12(15)16)13-7-14)9-3-5-10(17-2)6-4-9/h3-6H,1-2H3,(H,15,16)/b11-8-. The SMILES string of the molecule is COc1ccc(/C(C)=C(\N=C=O)C(=O)O)cc1. The maximum Gasteiger partial charge on any atom is 0.355 e. The van der Waals surface area contributed by atoms with Gasteiger partial charge in [0.2, 0.25) is 6.08 Å². The van der Waals surface area contributed by atoms with Crippen LogP contribution in [0.25, 0.3) is 5.57 Å². The number of isocyanates is 1. The number of hydrogen-bond donors (Lipinski definition) is 1. The summed E-state index contributed by atoms with van der Waals surface area (Å²) in [6.45, 7) is 1.58. The number of carbonyl (C=O) groups is 1. The van der Waals surface area contributed by atoms with Crippen LogP contribution in [0.3, 0.4) is 0 Å². The minimum Gasteiger partial charge on any atom is -0.497 e. The maximum atomic E-state index is 10.9. The number of aliphatic carboxylic acids is 1. The number of benzene rings is 1. The summed E-state index contributed by atoms with van der Waals surface area (Å²) in [5.74, 6) is -0.598. The molecular formula is C12H11NO4. The van der Waals surface area contributed by atoms with Gasteiger partial charge in [-0.2, -0.15) is 4.99 Å². The first kappa shape index (κ1) is 12.7. The van der Waals surface area contributed by atoms with E-state index in [1.54, 1.807) is 31.2 Å². The van der Waals surface area contributed by atoms with Crippen LogP contribution in [0, 0.1) is 0 Å². The van der Waals surface area contributed by atoms with E-state index in [1.165, 1.54) is 13.2 Å². The largest absolute Gasteiger partial charge is 0.497 e. The quantitative estimate of drug-likeness (QED) is 0.489. The van der Waals surface area contributed by atoms with E-state index in [1.807, 2.05) is 0 Å². The molecule has 0 amide bonds. The highest BCUT2D eigenvalue weighted by Gasteiger charge is 2.11. The van der Waals surface area contributed by atoms with Gasteiger partial charge < -0.3 is 9.84 Å². The molecule has 0 heterocycles. The van der Waals surface area contributed by atoms with Crippen LogP contribution >= 0.6 is 0 Å². The Morgan fingerprint density at radius 3 is 2.35 bits per heavy atom. The van der Waals surface area contributed by atoms with Crippen molar-refractivity contribution in [1.29, 1.82) is 0 Å². The molecule has 5 nitrogen and oxygen atoms in total. The van der Waals surface area contributed by atoms with E-state index < -0.39 is 5.97 Å². The lowest BCUT2D eigenvalue weighted by Gasteiger charge is -2.05. The number of rotatable bonds is 4. The first-order chi connectivity index (χ1) is 8.10. The van der Waals surface area contributed by atoms with E-state index in [9.17, 15) is 9.59 Å². The third kappa shape index (κ3) is 3.03.